The van der Waals surface area contributed by atoms with Gasteiger partial charge < -0.3 is 4.90 Å². The van der Waals surface area contributed by atoms with Gasteiger partial charge in [-0.1, -0.05) is 147 Å². The van der Waals surface area contributed by atoms with Gasteiger partial charge in [-0.3, -0.25) is 0 Å². The van der Waals surface area contributed by atoms with Crippen molar-refractivity contribution in [3.05, 3.63) is 199 Å². The molecule has 0 N–H and O–H groups in total. The number of fused-ring (bicyclic) bond motifs is 9. The van der Waals surface area contributed by atoms with Gasteiger partial charge in [0.15, 0.2) is 0 Å². The summed E-state index contributed by atoms with van der Waals surface area (Å²) in [6.45, 7) is 4.82. The van der Waals surface area contributed by atoms with Crippen LogP contribution in [-0.4, -0.2) is 0 Å². The molecule has 10 aromatic rings. The van der Waals surface area contributed by atoms with E-state index in [9.17, 15) is 0 Å². The van der Waals surface area contributed by atoms with Crippen molar-refractivity contribution in [2.75, 3.05) is 4.90 Å². The Balaban J connectivity index is 1.10. The molecular weight excluding hydrogens is 651 g/mol. The van der Waals surface area contributed by atoms with Gasteiger partial charge in [-0.15, -0.1) is 0 Å². The van der Waals surface area contributed by atoms with Gasteiger partial charge in [-0.2, -0.15) is 0 Å². The van der Waals surface area contributed by atoms with Gasteiger partial charge in [0.2, 0.25) is 0 Å². The summed E-state index contributed by atoms with van der Waals surface area (Å²) in [6.07, 6.45) is 0. The maximum Gasteiger partial charge on any atom is 0.0468 e. The molecule has 1 aliphatic rings. The first-order chi connectivity index (χ1) is 26.5. The molecule has 0 atom stereocenters. The fourth-order valence-electron chi connectivity index (χ4n) is 9.21. The maximum absolute atomic E-state index is 2.50. The van der Waals surface area contributed by atoms with Crippen molar-refractivity contribution >= 4 is 70.9 Å². The van der Waals surface area contributed by atoms with Crippen molar-refractivity contribution < 1.29 is 0 Å². The molecule has 0 saturated carbocycles. The van der Waals surface area contributed by atoms with Gasteiger partial charge in [0, 0.05) is 22.5 Å². The van der Waals surface area contributed by atoms with Crippen LogP contribution in [-0.2, 0) is 5.41 Å². The Kier molecular flexibility index (Phi) is 6.66. The molecule has 0 aromatic heterocycles. The summed E-state index contributed by atoms with van der Waals surface area (Å²) in [6, 6.07) is 69.7. The predicted octanol–water partition coefficient (Wildman–Crippen LogP) is 14.9. The first-order valence-electron chi connectivity index (χ1n) is 18.9. The minimum atomic E-state index is -0.186. The summed E-state index contributed by atoms with van der Waals surface area (Å²) in [5, 5.41) is 12.6. The smallest absolute Gasteiger partial charge is 0.0468 e. The second-order valence-corrected chi connectivity index (χ2v) is 15.4. The fourth-order valence-corrected chi connectivity index (χ4v) is 9.21. The highest BCUT2D eigenvalue weighted by molar-refractivity contribution is 6.13. The van der Waals surface area contributed by atoms with Crippen LogP contribution in [0.25, 0.3) is 76.1 Å². The number of anilines is 3. The van der Waals surface area contributed by atoms with E-state index in [2.05, 4.69) is 207 Å². The van der Waals surface area contributed by atoms with E-state index in [1.54, 1.807) is 0 Å². The molecule has 0 aliphatic heterocycles. The Bertz CT molecular complexity index is 3060. The number of hydrogen-bond acceptors (Lipinski definition) is 1. The second kappa shape index (κ2) is 11.7. The molecule has 10 aromatic carbocycles. The Hall–Kier alpha value is -6.70. The molecular formula is C53H37N. The first kappa shape index (κ1) is 30.9. The van der Waals surface area contributed by atoms with E-state index in [1.807, 2.05) is 0 Å². The largest absolute Gasteiger partial charge is 0.310 e. The summed E-state index contributed by atoms with van der Waals surface area (Å²) in [5.74, 6) is 0. The average molecular weight is 688 g/mol. The lowest BCUT2D eigenvalue weighted by atomic mass is 9.80. The topological polar surface area (TPSA) is 3.24 Å². The summed E-state index contributed by atoms with van der Waals surface area (Å²) in [4.78, 5) is 2.41. The lowest BCUT2D eigenvalue weighted by molar-refractivity contribution is 0.662. The van der Waals surface area contributed by atoms with Crippen LogP contribution in [0.3, 0.4) is 0 Å². The van der Waals surface area contributed by atoms with Crippen molar-refractivity contribution in [3.8, 4) is 22.3 Å². The summed E-state index contributed by atoms with van der Waals surface area (Å²) < 4.78 is 0. The Morgan fingerprint density at radius 3 is 1.48 bits per heavy atom. The molecule has 0 radical (unpaired) electrons. The quantitative estimate of drug-likeness (QED) is 0.178. The minimum Gasteiger partial charge on any atom is -0.310 e. The first-order valence-corrected chi connectivity index (χ1v) is 18.9. The van der Waals surface area contributed by atoms with Crippen molar-refractivity contribution in [1.82, 2.24) is 0 Å². The molecule has 254 valence electrons. The zero-order valence-electron chi connectivity index (χ0n) is 30.3. The molecule has 54 heavy (non-hydrogen) atoms. The van der Waals surface area contributed by atoms with E-state index in [1.165, 1.54) is 87.2 Å². The van der Waals surface area contributed by atoms with Crippen molar-refractivity contribution in [1.29, 1.82) is 0 Å². The maximum atomic E-state index is 2.50. The molecule has 0 spiro atoms. The van der Waals surface area contributed by atoms with Crippen molar-refractivity contribution in [2.45, 2.75) is 19.3 Å². The van der Waals surface area contributed by atoms with Crippen LogP contribution in [0, 0.1) is 0 Å². The van der Waals surface area contributed by atoms with E-state index < -0.39 is 0 Å². The third-order valence-corrected chi connectivity index (χ3v) is 11.9. The van der Waals surface area contributed by atoms with Crippen LogP contribution in [0.1, 0.15) is 25.0 Å². The van der Waals surface area contributed by atoms with Crippen LogP contribution in [0.4, 0.5) is 17.1 Å². The van der Waals surface area contributed by atoms with E-state index >= 15 is 0 Å². The molecule has 1 heteroatoms. The summed E-state index contributed by atoms with van der Waals surface area (Å²) in [5.41, 5.74) is 11.3. The lowest BCUT2D eigenvalue weighted by Gasteiger charge is -2.27. The van der Waals surface area contributed by atoms with E-state index in [0.29, 0.717) is 0 Å². The third-order valence-electron chi connectivity index (χ3n) is 11.9. The number of hydrogen-bond donors (Lipinski definition) is 0. The lowest BCUT2D eigenvalue weighted by Crippen LogP contribution is -2.15. The van der Waals surface area contributed by atoms with Gasteiger partial charge >= 0.3 is 0 Å². The fraction of sp³-hybridized carbons (Fsp3) is 0.0566. The minimum absolute atomic E-state index is 0.186. The standard InChI is InChI=1S/C53H37N/c1-53(2)50-32-40-30-43(54(41-25-22-34-12-3-5-15-37(34)28-41)42-26-23-35-13-4-6-16-38(35)29-42)27-24-39(40)31-49(50)52-47-20-10-9-19-46(47)48(33-51(52)53)45-21-11-17-36-14-7-8-18-44(36)45/h3-33H,1-2H3. The third kappa shape index (κ3) is 4.65. The molecule has 0 saturated heterocycles. The van der Waals surface area contributed by atoms with Crippen molar-refractivity contribution in [2.24, 2.45) is 0 Å². The normalized spacial score (nSPS) is 13.1. The number of benzene rings is 10. The van der Waals surface area contributed by atoms with Crippen molar-refractivity contribution in [3.63, 3.8) is 0 Å². The average Bonchev–Trinajstić information content (AvgIpc) is 3.44. The highest BCUT2D eigenvalue weighted by Gasteiger charge is 2.37. The zero-order chi connectivity index (χ0) is 36.0. The van der Waals surface area contributed by atoms with Gasteiger partial charge in [-0.25, -0.2) is 0 Å². The number of nitrogens with zero attached hydrogens (tertiary/aromatic N) is 1. The molecule has 0 heterocycles. The number of rotatable bonds is 4. The van der Waals surface area contributed by atoms with Crippen LogP contribution in [0.5, 0.6) is 0 Å². The van der Waals surface area contributed by atoms with Gasteiger partial charge in [0.05, 0.1) is 0 Å². The Morgan fingerprint density at radius 1 is 0.315 bits per heavy atom. The molecule has 0 amide bonds. The molecule has 0 bridgehead atoms. The van der Waals surface area contributed by atoms with Crippen LogP contribution in [0.15, 0.2) is 188 Å². The van der Waals surface area contributed by atoms with Crippen LogP contribution >= 0.6 is 0 Å². The highest BCUT2D eigenvalue weighted by Crippen LogP contribution is 2.54. The molecule has 1 aliphatic carbocycles. The highest BCUT2D eigenvalue weighted by atomic mass is 15.1. The molecule has 11 rings (SSSR count). The summed E-state index contributed by atoms with van der Waals surface area (Å²) >= 11 is 0. The monoisotopic (exact) mass is 687 g/mol. The van der Waals surface area contributed by atoms with Gasteiger partial charge in [0.25, 0.3) is 0 Å². The molecule has 1 nitrogen and oxygen atoms in total. The van der Waals surface area contributed by atoms with E-state index in [4.69, 9.17) is 0 Å². The Labute approximate surface area is 315 Å². The van der Waals surface area contributed by atoms with Gasteiger partial charge in [-0.05, 0) is 142 Å². The van der Waals surface area contributed by atoms with Gasteiger partial charge in [0.1, 0.15) is 0 Å². The second-order valence-electron chi connectivity index (χ2n) is 15.4. The Morgan fingerprint density at radius 2 is 0.815 bits per heavy atom. The molecule has 0 unspecified atom stereocenters. The van der Waals surface area contributed by atoms with Crippen LogP contribution < -0.4 is 4.90 Å². The van der Waals surface area contributed by atoms with E-state index in [-0.39, 0.29) is 5.41 Å². The predicted molar refractivity (Wildman–Crippen MR) is 232 cm³/mol. The van der Waals surface area contributed by atoms with E-state index in [0.717, 1.165) is 17.1 Å². The van der Waals surface area contributed by atoms with Crippen LogP contribution in [0.2, 0.25) is 0 Å². The zero-order valence-corrected chi connectivity index (χ0v) is 30.3. The molecule has 0 fully saturated rings. The summed E-state index contributed by atoms with van der Waals surface area (Å²) in [7, 11) is 0. The SMILES string of the molecule is CC1(C)c2cc3cc(N(c4ccc5ccccc5c4)c4ccc5ccccc5c4)ccc3cc2-c2c1cc(-c1cccc3ccccc13)c1ccccc21.